The van der Waals surface area contributed by atoms with Crippen LogP contribution >= 0.6 is 0 Å². The third-order valence-corrected chi connectivity index (χ3v) is 3.38. The van der Waals surface area contributed by atoms with Crippen molar-refractivity contribution in [3.05, 3.63) is 0 Å². The van der Waals surface area contributed by atoms with E-state index in [1.165, 1.54) is 0 Å². The van der Waals surface area contributed by atoms with E-state index >= 15 is 0 Å². The van der Waals surface area contributed by atoms with Crippen LogP contribution in [0.3, 0.4) is 0 Å². The maximum Gasteiger partial charge on any atom is 0.303 e. The van der Waals surface area contributed by atoms with Crippen molar-refractivity contribution in [1.29, 1.82) is 0 Å². The largest absolute Gasteiger partial charge is 0.481 e. The van der Waals surface area contributed by atoms with E-state index in [1.807, 2.05) is 0 Å². The number of aliphatic carboxylic acids is 1. The summed E-state index contributed by atoms with van der Waals surface area (Å²) in [4.78, 5) is 33.3. The third-order valence-electron chi connectivity index (χ3n) is 3.38. The van der Waals surface area contributed by atoms with Crippen molar-refractivity contribution in [2.24, 2.45) is 5.92 Å². The Kier molecular flexibility index (Phi) is 3.57. The Hall–Kier alpha value is -1.23. The predicted octanol–water partition coefficient (Wildman–Crippen LogP) is 0.947. The van der Waals surface area contributed by atoms with Crippen LogP contribution in [0.15, 0.2) is 0 Å². The van der Waals surface area contributed by atoms with E-state index < -0.39 is 5.97 Å². The average molecular weight is 240 g/mol. The highest BCUT2D eigenvalue weighted by atomic mass is 16.6. The molecule has 5 nitrogen and oxygen atoms in total. The molecule has 94 valence electrons. The van der Waals surface area contributed by atoms with E-state index in [1.54, 1.807) is 0 Å². The molecule has 17 heavy (non-hydrogen) atoms. The van der Waals surface area contributed by atoms with Gasteiger partial charge in [0.05, 0.1) is 18.1 Å². The summed E-state index contributed by atoms with van der Waals surface area (Å²) in [5.41, 5.74) is 0. The quantitative estimate of drug-likeness (QED) is 0.529. The van der Waals surface area contributed by atoms with E-state index in [-0.39, 0.29) is 42.5 Å². The maximum absolute atomic E-state index is 11.6. The molecular formula is C12H16O5. The lowest BCUT2D eigenvalue weighted by atomic mass is 9.96. The second kappa shape index (κ2) is 4.96. The van der Waals surface area contributed by atoms with Crippen LogP contribution in [0.25, 0.3) is 0 Å². The molecule has 1 heterocycles. The van der Waals surface area contributed by atoms with Crippen LogP contribution in [0.2, 0.25) is 0 Å². The minimum absolute atomic E-state index is 0.00882. The highest BCUT2D eigenvalue weighted by Crippen LogP contribution is 2.42. The molecule has 1 saturated heterocycles. The number of rotatable bonds is 7. The molecule has 2 rings (SSSR count). The van der Waals surface area contributed by atoms with Crippen molar-refractivity contribution < 1.29 is 24.2 Å². The van der Waals surface area contributed by atoms with Gasteiger partial charge in [0.1, 0.15) is 11.6 Å². The van der Waals surface area contributed by atoms with Gasteiger partial charge in [-0.15, -0.1) is 0 Å². The van der Waals surface area contributed by atoms with Crippen molar-refractivity contribution in [2.75, 3.05) is 0 Å². The summed E-state index contributed by atoms with van der Waals surface area (Å²) < 4.78 is 5.24. The van der Waals surface area contributed by atoms with Crippen LogP contribution in [0.4, 0.5) is 0 Å². The second-order valence-corrected chi connectivity index (χ2v) is 4.76. The van der Waals surface area contributed by atoms with Gasteiger partial charge >= 0.3 is 5.97 Å². The van der Waals surface area contributed by atoms with Crippen molar-refractivity contribution in [1.82, 2.24) is 0 Å². The highest BCUT2D eigenvalue weighted by molar-refractivity contribution is 5.91. The fourth-order valence-corrected chi connectivity index (χ4v) is 2.38. The van der Waals surface area contributed by atoms with Crippen LogP contribution in [0, 0.1) is 5.92 Å². The molecule has 2 aliphatic rings. The summed E-state index contributed by atoms with van der Waals surface area (Å²) in [6.07, 6.45) is 2.37. The first-order valence-electron chi connectivity index (χ1n) is 5.99. The Morgan fingerprint density at radius 1 is 1.29 bits per heavy atom. The highest BCUT2D eigenvalue weighted by Gasteiger charge is 2.55. The van der Waals surface area contributed by atoms with Crippen molar-refractivity contribution in [2.45, 2.75) is 50.7 Å². The van der Waals surface area contributed by atoms with Gasteiger partial charge in [0.25, 0.3) is 0 Å². The lowest BCUT2D eigenvalue weighted by molar-refractivity contribution is -0.137. The summed E-state index contributed by atoms with van der Waals surface area (Å²) in [5.74, 6) is -0.875. The Labute approximate surface area is 99.1 Å². The van der Waals surface area contributed by atoms with Crippen LogP contribution in [-0.2, 0) is 19.1 Å². The molecule has 3 atom stereocenters. The summed E-state index contributed by atoms with van der Waals surface area (Å²) in [6, 6.07) is 0. The molecule has 5 heteroatoms. The number of ketones is 2. The van der Waals surface area contributed by atoms with Crippen LogP contribution in [0.5, 0.6) is 0 Å². The smallest absolute Gasteiger partial charge is 0.303 e. The van der Waals surface area contributed by atoms with E-state index in [9.17, 15) is 14.4 Å². The van der Waals surface area contributed by atoms with Gasteiger partial charge < -0.3 is 9.84 Å². The van der Waals surface area contributed by atoms with E-state index in [4.69, 9.17) is 9.84 Å². The second-order valence-electron chi connectivity index (χ2n) is 4.76. The Morgan fingerprint density at radius 3 is 2.59 bits per heavy atom. The minimum atomic E-state index is -0.836. The van der Waals surface area contributed by atoms with Crippen LogP contribution < -0.4 is 0 Å². The van der Waals surface area contributed by atoms with Crippen molar-refractivity contribution in [3.8, 4) is 0 Å². The summed E-state index contributed by atoms with van der Waals surface area (Å²) >= 11 is 0. The molecule has 0 bridgehead atoms. The number of Topliss-reactive ketones (excluding diaryl/α,β-unsaturated/α-hetero) is 2. The molecule has 1 saturated carbocycles. The minimum Gasteiger partial charge on any atom is -0.481 e. The predicted molar refractivity (Wildman–Crippen MR) is 57.5 cm³/mol. The molecule has 0 spiro atoms. The normalized spacial score (nSPS) is 30.1. The first kappa shape index (κ1) is 12.2. The molecule has 0 amide bonds. The van der Waals surface area contributed by atoms with Crippen LogP contribution in [0.1, 0.15) is 38.5 Å². The number of fused-ring (bicyclic) bond motifs is 1. The van der Waals surface area contributed by atoms with Crippen molar-refractivity contribution >= 4 is 17.5 Å². The van der Waals surface area contributed by atoms with Gasteiger partial charge in [0.2, 0.25) is 0 Å². The lowest BCUT2D eigenvalue weighted by Gasteiger charge is -2.08. The Morgan fingerprint density at radius 2 is 2.00 bits per heavy atom. The fraction of sp³-hybridized carbons (Fsp3) is 0.750. The summed E-state index contributed by atoms with van der Waals surface area (Å²) in [6.45, 7) is 0. The first-order chi connectivity index (χ1) is 8.08. The number of hydrogen-bond donors (Lipinski definition) is 1. The summed E-state index contributed by atoms with van der Waals surface area (Å²) in [7, 11) is 0. The Balaban J connectivity index is 1.64. The number of carboxylic acids is 1. The molecule has 0 radical (unpaired) electrons. The zero-order valence-corrected chi connectivity index (χ0v) is 9.55. The SMILES string of the molecule is O=C(O)CCCCC(=O)CC1C(=O)CC2OC21. The molecule has 0 aromatic carbocycles. The molecule has 0 aromatic heterocycles. The molecule has 2 fully saturated rings. The monoisotopic (exact) mass is 240 g/mol. The molecule has 1 aliphatic heterocycles. The number of hydrogen-bond acceptors (Lipinski definition) is 4. The zero-order chi connectivity index (χ0) is 12.4. The third kappa shape index (κ3) is 3.12. The fourth-order valence-electron chi connectivity index (χ4n) is 2.38. The maximum atomic E-state index is 11.6. The average Bonchev–Trinajstić information content (AvgIpc) is 2.93. The topological polar surface area (TPSA) is 84.0 Å². The van der Waals surface area contributed by atoms with E-state index in [0.717, 1.165) is 0 Å². The molecule has 3 unspecified atom stereocenters. The molecule has 0 aromatic rings. The first-order valence-corrected chi connectivity index (χ1v) is 5.99. The number of unbranched alkanes of at least 4 members (excludes halogenated alkanes) is 1. The van der Waals surface area contributed by atoms with Gasteiger partial charge in [-0.3, -0.25) is 14.4 Å². The number of carboxylic acid groups (broad SMARTS) is 1. The zero-order valence-electron chi connectivity index (χ0n) is 9.55. The van der Waals surface area contributed by atoms with Gasteiger partial charge in [0, 0.05) is 25.7 Å². The van der Waals surface area contributed by atoms with Gasteiger partial charge in [-0.05, 0) is 12.8 Å². The lowest BCUT2D eigenvalue weighted by Crippen LogP contribution is -2.18. The summed E-state index contributed by atoms with van der Waals surface area (Å²) in [5, 5.41) is 8.44. The number of carbonyl (C=O) groups is 3. The number of ether oxygens (including phenoxy) is 1. The standard InChI is InChI=1S/C12H16O5/c13-7(3-1-2-4-11(15)16)5-8-9(14)6-10-12(8)17-10/h8,10,12H,1-6H2,(H,15,16). The van der Waals surface area contributed by atoms with Gasteiger partial charge in [0.15, 0.2) is 0 Å². The number of carbonyl (C=O) groups excluding carboxylic acids is 2. The Bertz CT molecular complexity index is 349. The molecular weight excluding hydrogens is 224 g/mol. The van der Waals surface area contributed by atoms with E-state index in [0.29, 0.717) is 25.7 Å². The number of epoxide rings is 1. The van der Waals surface area contributed by atoms with Crippen molar-refractivity contribution in [3.63, 3.8) is 0 Å². The van der Waals surface area contributed by atoms with Gasteiger partial charge in [-0.1, -0.05) is 0 Å². The molecule has 1 aliphatic carbocycles. The van der Waals surface area contributed by atoms with E-state index in [2.05, 4.69) is 0 Å². The van der Waals surface area contributed by atoms with Crippen LogP contribution in [-0.4, -0.2) is 34.9 Å². The van der Waals surface area contributed by atoms with Gasteiger partial charge in [-0.2, -0.15) is 0 Å². The molecule has 1 N–H and O–H groups in total. The van der Waals surface area contributed by atoms with Gasteiger partial charge in [-0.25, -0.2) is 0 Å².